The Labute approximate surface area is 194 Å². The zero-order valence-corrected chi connectivity index (χ0v) is 19.0. The van der Waals surface area contributed by atoms with E-state index in [2.05, 4.69) is 15.6 Å². The molecule has 0 bridgehead atoms. The van der Waals surface area contributed by atoms with Crippen LogP contribution in [0.25, 0.3) is 11.4 Å². The minimum Gasteiger partial charge on any atom is -0.495 e. The molecular weight excluding hydrogens is 450 g/mol. The highest BCUT2D eigenvalue weighted by atomic mass is 35.5. The topological polar surface area (TPSA) is 81.5 Å². The Morgan fingerprint density at radius 3 is 2.69 bits per heavy atom. The molecule has 0 radical (unpaired) electrons. The van der Waals surface area contributed by atoms with E-state index in [1.54, 1.807) is 7.11 Å². The number of nitrogens with one attached hydrogen (secondary N) is 1. The minimum atomic E-state index is -0.433. The third-order valence-electron chi connectivity index (χ3n) is 5.57. The Hall–Kier alpha value is -2.75. The SMILES string of the molecule is COc1ccc(C2Nn3c(nnc3-c3ccccc3)SC2C(=O)N2CCOCC2)cc1Cl. The maximum absolute atomic E-state index is 13.5. The van der Waals surface area contributed by atoms with E-state index in [1.165, 1.54) is 11.8 Å². The van der Waals surface area contributed by atoms with Crippen LogP contribution >= 0.6 is 23.4 Å². The van der Waals surface area contributed by atoms with Crippen molar-refractivity contribution in [3.63, 3.8) is 0 Å². The molecule has 1 aromatic heterocycles. The molecule has 3 aromatic rings. The molecule has 2 aliphatic heterocycles. The van der Waals surface area contributed by atoms with Gasteiger partial charge in [-0.05, 0) is 17.7 Å². The van der Waals surface area contributed by atoms with Crippen molar-refractivity contribution in [1.29, 1.82) is 0 Å². The number of methoxy groups -OCH3 is 1. The predicted molar refractivity (Wildman–Crippen MR) is 123 cm³/mol. The number of rotatable bonds is 4. The van der Waals surface area contributed by atoms with E-state index >= 15 is 0 Å². The summed E-state index contributed by atoms with van der Waals surface area (Å²) < 4.78 is 12.6. The van der Waals surface area contributed by atoms with Crippen molar-refractivity contribution >= 4 is 29.3 Å². The summed E-state index contributed by atoms with van der Waals surface area (Å²) in [6.07, 6.45) is 0. The number of thioether (sulfide) groups is 1. The van der Waals surface area contributed by atoms with Crippen molar-refractivity contribution in [3.05, 3.63) is 59.1 Å². The second-order valence-corrected chi connectivity index (χ2v) is 9.00. The lowest BCUT2D eigenvalue weighted by Crippen LogP contribution is -2.49. The molecule has 10 heteroatoms. The third kappa shape index (κ3) is 3.92. The van der Waals surface area contributed by atoms with Gasteiger partial charge in [0.25, 0.3) is 0 Å². The maximum Gasteiger partial charge on any atom is 0.238 e. The summed E-state index contributed by atoms with van der Waals surface area (Å²) in [5.41, 5.74) is 5.30. The van der Waals surface area contributed by atoms with Crippen LogP contribution in [-0.4, -0.2) is 64.3 Å². The number of carbonyl (C=O) groups excluding carboxylic acids is 1. The summed E-state index contributed by atoms with van der Waals surface area (Å²) in [5.74, 6) is 1.32. The van der Waals surface area contributed by atoms with Crippen molar-refractivity contribution in [3.8, 4) is 17.1 Å². The third-order valence-corrected chi connectivity index (χ3v) is 7.07. The number of benzene rings is 2. The van der Waals surface area contributed by atoms with Gasteiger partial charge in [-0.1, -0.05) is 59.8 Å². The minimum absolute atomic E-state index is 0.0400. The summed E-state index contributed by atoms with van der Waals surface area (Å²) in [5, 5.41) is 9.45. The molecule has 8 nitrogen and oxygen atoms in total. The summed E-state index contributed by atoms with van der Waals surface area (Å²) in [6.45, 7) is 2.25. The molecule has 0 saturated carbocycles. The van der Waals surface area contributed by atoms with Gasteiger partial charge in [0.2, 0.25) is 11.1 Å². The summed E-state index contributed by atoms with van der Waals surface area (Å²) in [6, 6.07) is 15.1. The van der Waals surface area contributed by atoms with E-state index in [0.717, 1.165) is 11.1 Å². The molecule has 32 heavy (non-hydrogen) atoms. The fourth-order valence-electron chi connectivity index (χ4n) is 3.91. The van der Waals surface area contributed by atoms with Crippen LogP contribution in [0.3, 0.4) is 0 Å². The predicted octanol–water partition coefficient (Wildman–Crippen LogP) is 3.23. The van der Waals surface area contributed by atoms with Crippen molar-refractivity contribution in [2.45, 2.75) is 16.4 Å². The molecule has 1 amide bonds. The number of carbonyl (C=O) groups is 1. The van der Waals surface area contributed by atoms with E-state index < -0.39 is 5.25 Å². The van der Waals surface area contributed by atoms with E-state index in [4.69, 9.17) is 21.1 Å². The Kier molecular flexibility index (Phi) is 5.95. The monoisotopic (exact) mass is 471 g/mol. The molecule has 0 aliphatic carbocycles. The van der Waals surface area contributed by atoms with Crippen molar-refractivity contribution in [2.75, 3.05) is 38.8 Å². The Morgan fingerprint density at radius 1 is 1.19 bits per heavy atom. The molecule has 1 N–H and O–H groups in total. The summed E-state index contributed by atoms with van der Waals surface area (Å²) in [4.78, 5) is 15.4. The van der Waals surface area contributed by atoms with Gasteiger partial charge in [0.05, 0.1) is 31.4 Å². The first-order chi connectivity index (χ1) is 15.7. The van der Waals surface area contributed by atoms with Gasteiger partial charge in [-0.3, -0.25) is 4.79 Å². The number of nitrogens with zero attached hydrogens (tertiary/aromatic N) is 4. The molecule has 1 saturated heterocycles. The molecule has 2 aromatic carbocycles. The first-order valence-corrected chi connectivity index (χ1v) is 11.6. The van der Waals surface area contributed by atoms with Crippen molar-refractivity contribution in [2.24, 2.45) is 0 Å². The van der Waals surface area contributed by atoms with Gasteiger partial charge in [0.1, 0.15) is 11.0 Å². The lowest BCUT2D eigenvalue weighted by Gasteiger charge is -2.37. The lowest BCUT2D eigenvalue weighted by atomic mass is 10.0. The van der Waals surface area contributed by atoms with Gasteiger partial charge >= 0.3 is 0 Å². The zero-order chi connectivity index (χ0) is 22.1. The first-order valence-electron chi connectivity index (χ1n) is 10.3. The molecule has 2 aliphatic rings. The molecule has 1 fully saturated rings. The molecular formula is C22H22ClN5O3S. The highest BCUT2D eigenvalue weighted by Gasteiger charge is 2.40. The van der Waals surface area contributed by atoms with E-state index in [1.807, 2.05) is 58.1 Å². The number of fused-ring (bicyclic) bond motifs is 1. The molecule has 2 atom stereocenters. The number of ether oxygens (including phenoxy) is 2. The highest BCUT2D eigenvalue weighted by molar-refractivity contribution is 8.00. The Bertz CT molecular complexity index is 1120. The van der Waals surface area contributed by atoms with Gasteiger partial charge in [-0.15, -0.1) is 10.2 Å². The molecule has 5 rings (SSSR count). The molecule has 3 heterocycles. The van der Waals surface area contributed by atoms with Crippen LogP contribution in [0, 0.1) is 0 Å². The van der Waals surface area contributed by atoms with Crippen LogP contribution in [0.4, 0.5) is 0 Å². The highest BCUT2D eigenvalue weighted by Crippen LogP contribution is 2.40. The average Bonchev–Trinajstić information content (AvgIpc) is 3.27. The Balaban J connectivity index is 1.54. The number of hydrogen-bond acceptors (Lipinski definition) is 7. The first kappa shape index (κ1) is 21.1. The van der Waals surface area contributed by atoms with E-state index in [9.17, 15) is 4.79 Å². The van der Waals surface area contributed by atoms with Crippen LogP contribution in [0.15, 0.2) is 53.7 Å². The fraction of sp³-hybridized carbons (Fsp3) is 0.318. The van der Waals surface area contributed by atoms with Gasteiger partial charge < -0.3 is 19.8 Å². The van der Waals surface area contributed by atoms with Crippen LogP contribution in [0.1, 0.15) is 11.6 Å². The van der Waals surface area contributed by atoms with Gasteiger partial charge in [-0.25, -0.2) is 4.68 Å². The number of aromatic nitrogens is 3. The van der Waals surface area contributed by atoms with Crippen LogP contribution in [0.2, 0.25) is 5.02 Å². The smallest absolute Gasteiger partial charge is 0.238 e. The fourth-order valence-corrected chi connectivity index (χ4v) is 5.34. The molecule has 2 unspecified atom stereocenters. The van der Waals surface area contributed by atoms with Crippen molar-refractivity contribution < 1.29 is 14.3 Å². The van der Waals surface area contributed by atoms with Gasteiger partial charge in [-0.2, -0.15) is 0 Å². The number of morpholine rings is 1. The largest absolute Gasteiger partial charge is 0.495 e. The lowest BCUT2D eigenvalue weighted by molar-refractivity contribution is -0.135. The van der Waals surface area contributed by atoms with Crippen LogP contribution in [0.5, 0.6) is 5.75 Å². The normalized spacial score (nSPS) is 20.4. The maximum atomic E-state index is 13.5. The number of hydrogen-bond donors (Lipinski definition) is 1. The number of amides is 1. The second kappa shape index (κ2) is 9.01. The van der Waals surface area contributed by atoms with E-state index in [0.29, 0.717) is 48.1 Å². The van der Waals surface area contributed by atoms with E-state index in [-0.39, 0.29) is 11.9 Å². The van der Waals surface area contributed by atoms with Crippen LogP contribution in [-0.2, 0) is 9.53 Å². The average molecular weight is 472 g/mol. The molecule has 0 spiro atoms. The Morgan fingerprint density at radius 2 is 1.97 bits per heavy atom. The van der Waals surface area contributed by atoms with Gasteiger partial charge in [0, 0.05) is 18.7 Å². The summed E-state index contributed by atoms with van der Waals surface area (Å²) in [7, 11) is 1.58. The zero-order valence-electron chi connectivity index (χ0n) is 17.4. The van der Waals surface area contributed by atoms with Gasteiger partial charge in [0.15, 0.2) is 5.82 Å². The molecule has 166 valence electrons. The second-order valence-electron chi connectivity index (χ2n) is 7.48. The quantitative estimate of drug-likeness (QED) is 0.625. The number of halogens is 1. The van der Waals surface area contributed by atoms with Crippen LogP contribution < -0.4 is 10.2 Å². The summed E-state index contributed by atoms with van der Waals surface area (Å²) >= 11 is 7.84. The standard InChI is InChI=1S/C22H22ClN5O3S/c1-30-17-8-7-15(13-16(17)23)18-19(21(29)27-9-11-31-12-10-27)32-22-25-24-20(28(22)26-18)14-5-3-2-4-6-14/h2-8,13,18-19,26H,9-12H2,1H3. The van der Waals surface area contributed by atoms with Crippen molar-refractivity contribution in [1.82, 2.24) is 19.8 Å².